The number of sulfone groups is 1. The lowest BCUT2D eigenvalue weighted by atomic mass is 10.1. The molecule has 1 aromatic heterocycles. The van der Waals surface area contributed by atoms with Crippen LogP contribution in [0.25, 0.3) is 11.5 Å². The minimum absolute atomic E-state index is 0.0602. The molecule has 140 valence electrons. The molecule has 7 nitrogen and oxygen atoms in total. The van der Waals surface area contributed by atoms with Crippen molar-refractivity contribution in [1.29, 1.82) is 0 Å². The number of carbonyl (C=O) groups excluding carboxylic acids is 1. The minimum atomic E-state index is -3.02. The predicted molar refractivity (Wildman–Crippen MR) is 97.2 cm³/mol. The topological polar surface area (TPSA) is 93.4 Å². The molecule has 0 aliphatic carbocycles. The van der Waals surface area contributed by atoms with Crippen LogP contribution in [-0.2, 0) is 21.1 Å². The van der Waals surface area contributed by atoms with E-state index in [1.54, 1.807) is 4.90 Å². The molecule has 8 heteroatoms. The van der Waals surface area contributed by atoms with Crippen LogP contribution in [-0.4, -0.2) is 53.5 Å². The van der Waals surface area contributed by atoms with Crippen molar-refractivity contribution < 1.29 is 17.6 Å². The molecule has 0 N–H and O–H groups in total. The van der Waals surface area contributed by atoms with Gasteiger partial charge < -0.3 is 9.32 Å². The fourth-order valence-corrected chi connectivity index (χ4v) is 4.91. The third-order valence-corrected chi connectivity index (χ3v) is 6.38. The van der Waals surface area contributed by atoms with E-state index in [1.807, 2.05) is 38.1 Å². The SMILES string of the molecule is CCN(C(=O)CCc1nnc(-c2ccc(C)cc2)o1)C1CCS(=O)(=O)C1. The van der Waals surface area contributed by atoms with Gasteiger partial charge in [0.15, 0.2) is 9.84 Å². The summed E-state index contributed by atoms with van der Waals surface area (Å²) in [6.07, 6.45) is 1.08. The van der Waals surface area contributed by atoms with Gasteiger partial charge in [-0.3, -0.25) is 4.79 Å². The molecule has 1 aliphatic rings. The molecular weight excluding hydrogens is 354 g/mol. The van der Waals surface area contributed by atoms with E-state index in [2.05, 4.69) is 10.2 Å². The molecule has 0 radical (unpaired) electrons. The van der Waals surface area contributed by atoms with Crippen LogP contribution in [0.2, 0.25) is 0 Å². The molecule has 1 saturated heterocycles. The van der Waals surface area contributed by atoms with Crippen LogP contribution >= 0.6 is 0 Å². The maximum atomic E-state index is 12.5. The molecule has 1 aliphatic heterocycles. The van der Waals surface area contributed by atoms with Crippen LogP contribution in [0.3, 0.4) is 0 Å². The first-order valence-corrected chi connectivity index (χ1v) is 10.6. The second-order valence-corrected chi connectivity index (χ2v) is 8.83. The molecule has 1 unspecified atom stereocenters. The van der Waals surface area contributed by atoms with Gasteiger partial charge >= 0.3 is 0 Å². The molecule has 2 heterocycles. The summed E-state index contributed by atoms with van der Waals surface area (Å²) in [6, 6.07) is 7.55. The van der Waals surface area contributed by atoms with Crippen LogP contribution in [0, 0.1) is 6.92 Å². The maximum absolute atomic E-state index is 12.5. The van der Waals surface area contributed by atoms with Crippen LogP contribution in [0.1, 0.15) is 31.2 Å². The van der Waals surface area contributed by atoms with Crippen molar-refractivity contribution in [1.82, 2.24) is 15.1 Å². The Morgan fingerprint density at radius 3 is 2.62 bits per heavy atom. The van der Waals surface area contributed by atoms with Crippen molar-refractivity contribution in [3.8, 4) is 11.5 Å². The number of aromatic nitrogens is 2. The van der Waals surface area contributed by atoms with E-state index >= 15 is 0 Å². The van der Waals surface area contributed by atoms with E-state index in [0.29, 0.717) is 31.2 Å². The van der Waals surface area contributed by atoms with Crippen LogP contribution in [0.15, 0.2) is 28.7 Å². The lowest BCUT2D eigenvalue weighted by Gasteiger charge is -2.26. The number of hydrogen-bond donors (Lipinski definition) is 0. The van der Waals surface area contributed by atoms with Gasteiger partial charge in [0.25, 0.3) is 0 Å². The van der Waals surface area contributed by atoms with Crippen molar-refractivity contribution in [2.24, 2.45) is 0 Å². The number of rotatable bonds is 6. The monoisotopic (exact) mass is 377 g/mol. The standard InChI is InChI=1S/C18H23N3O4S/c1-3-21(15-10-11-26(23,24)12-15)17(22)9-8-16-19-20-18(25-16)14-6-4-13(2)5-7-14/h4-7,15H,3,8-12H2,1-2H3. The molecule has 1 aromatic carbocycles. The molecule has 26 heavy (non-hydrogen) atoms. The van der Waals surface area contributed by atoms with Crippen molar-refractivity contribution in [2.75, 3.05) is 18.1 Å². The summed E-state index contributed by atoms with van der Waals surface area (Å²) in [5, 5.41) is 8.04. The van der Waals surface area contributed by atoms with Gasteiger partial charge in [-0.1, -0.05) is 17.7 Å². The Morgan fingerprint density at radius 1 is 1.27 bits per heavy atom. The Balaban J connectivity index is 1.60. The molecule has 1 amide bonds. The quantitative estimate of drug-likeness (QED) is 0.764. The van der Waals surface area contributed by atoms with E-state index in [1.165, 1.54) is 0 Å². The fraction of sp³-hybridized carbons (Fsp3) is 0.500. The predicted octanol–water partition coefficient (Wildman–Crippen LogP) is 2.01. The first-order chi connectivity index (χ1) is 12.4. The highest BCUT2D eigenvalue weighted by atomic mass is 32.2. The number of aryl methyl sites for hydroxylation is 2. The van der Waals surface area contributed by atoms with Gasteiger partial charge in [0, 0.05) is 31.0 Å². The first kappa shape index (κ1) is 18.6. The average Bonchev–Trinajstić information content (AvgIpc) is 3.21. The molecule has 0 bridgehead atoms. The smallest absolute Gasteiger partial charge is 0.247 e. The zero-order valence-electron chi connectivity index (χ0n) is 15.0. The largest absolute Gasteiger partial charge is 0.421 e. The zero-order valence-corrected chi connectivity index (χ0v) is 15.8. The van der Waals surface area contributed by atoms with E-state index < -0.39 is 9.84 Å². The van der Waals surface area contributed by atoms with Gasteiger partial charge in [-0.05, 0) is 32.4 Å². The van der Waals surface area contributed by atoms with Crippen molar-refractivity contribution in [2.45, 2.75) is 39.2 Å². The summed E-state index contributed by atoms with van der Waals surface area (Å²) in [4.78, 5) is 14.2. The van der Waals surface area contributed by atoms with E-state index in [9.17, 15) is 13.2 Å². The Bertz CT molecular complexity index is 874. The second-order valence-electron chi connectivity index (χ2n) is 6.60. The Labute approximate surface area is 153 Å². The Morgan fingerprint density at radius 2 is 2.00 bits per heavy atom. The highest BCUT2D eigenvalue weighted by Crippen LogP contribution is 2.21. The summed E-state index contributed by atoms with van der Waals surface area (Å²) >= 11 is 0. The third kappa shape index (κ3) is 4.30. The van der Waals surface area contributed by atoms with Crippen LogP contribution < -0.4 is 0 Å². The highest BCUT2D eigenvalue weighted by Gasteiger charge is 2.33. The summed E-state index contributed by atoms with van der Waals surface area (Å²) < 4.78 is 28.9. The number of carbonyl (C=O) groups is 1. The number of nitrogens with zero attached hydrogens (tertiary/aromatic N) is 3. The summed E-state index contributed by atoms with van der Waals surface area (Å²) in [7, 11) is -3.02. The normalized spacial score (nSPS) is 18.8. The van der Waals surface area contributed by atoms with Crippen molar-refractivity contribution in [3.63, 3.8) is 0 Å². The summed E-state index contributed by atoms with van der Waals surface area (Å²) in [6.45, 7) is 4.37. The average molecular weight is 377 g/mol. The Hall–Kier alpha value is -2.22. The maximum Gasteiger partial charge on any atom is 0.247 e. The molecular formula is C18H23N3O4S. The highest BCUT2D eigenvalue weighted by molar-refractivity contribution is 7.91. The van der Waals surface area contributed by atoms with E-state index in [0.717, 1.165) is 11.1 Å². The summed E-state index contributed by atoms with van der Waals surface area (Å²) in [5.74, 6) is 0.978. The number of amides is 1. The molecule has 0 saturated carbocycles. The van der Waals surface area contributed by atoms with E-state index in [4.69, 9.17) is 4.42 Å². The fourth-order valence-electron chi connectivity index (χ4n) is 3.18. The molecule has 2 aromatic rings. The molecule has 0 spiro atoms. The van der Waals surface area contributed by atoms with Gasteiger partial charge in [-0.25, -0.2) is 8.42 Å². The number of hydrogen-bond acceptors (Lipinski definition) is 6. The molecule has 1 fully saturated rings. The van der Waals surface area contributed by atoms with Crippen molar-refractivity contribution >= 4 is 15.7 Å². The minimum Gasteiger partial charge on any atom is -0.421 e. The third-order valence-electron chi connectivity index (χ3n) is 4.63. The van der Waals surface area contributed by atoms with Gasteiger partial charge in [-0.2, -0.15) is 0 Å². The summed E-state index contributed by atoms with van der Waals surface area (Å²) in [5.41, 5.74) is 1.99. The second kappa shape index (κ2) is 7.57. The molecule has 3 rings (SSSR count). The van der Waals surface area contributed by atoms with E-state index in [-0.39, 0.29) is 29.9 Å². The lowest BCUT2D eigenvalue weighted by molar-refractivity contribution is -0.132. The lowest BCUT2D eigenvalue weighted by Crippen LogP contribution is -2.41. The Kier molecular flexibility index (Phi) is 5.41. The van der Waals surface area contributed by atoms with Gasteiger partial charge in [-0.15, -0.1) is 10.2 Å². The van der Waals surface area contributed by atoms with Gasteiger partial charge in [0.05, 0.1) is 11.5 Å². The van der Waals surface area contributed by atoms with Gasteiger partial charge in [0.2, 0.25) is 17.7 Å². The van der Waals surface area contributed by atoms with Crippen LogP contribution in [0.5, 0.6) is 0 Å². The zero-order chi connectivity index (χ0) is 18.7. The van der Waals surface area contributed by atoms with Gasteiger partial charge in [0.1, 0.15) is 0 Å². The van der Waals surface area contributed by atoms with Crippen LogP contribution in [0.4, 0.5) is 0 Å². The first-order valence-electron chi connectivity index (χ1n) is 8.77. The number of benzene rings is 1. The van der Waals surface area contributed by atoms with Crippen molar-refractivity contribution in [3.05, 3.63) is 35.7 Å². The molecule has 1 atom stereocenters.